The van der Waals surface area contributed by atoms with Crippen molar-refractivity contribution >= 4 is 5.82 Å². The van der Waals surface area contributed by atoms with Gasteiger partial charge >= 0.3 is 0 Å². The van der Waals surface area contributed by atoms with E-state index in [2.05, 4.69) is 27.0 Å². The number of piperidine rings is 1. The highest BCUT2D eigenvalue weighted by Crippen LogP contribution is 2.23. The van der Waals surface area contributed by atoms with Crippen LogP contribution in [0.2, 0.25) is 0 Å². The van der Waals surface area contributed by atoms with Gasteiger partial charge in [-0.2, -0.15) is 5.10 Å². The standard InChI is InChI=1S/C13H18N6/c1-18-6-3-11(4-7-18)19-9-10(8-16-19)13-15-5-2-12(14)17-13/h2,5,8-9,11H,3-4,6-7H2,1H3,(H2,14,15,17). The van der Waals surface area contributed by atoms with Crippen LogP contribution in [-0.4, -0.2) is 44.8 Å². The van der Waals surface area contributed by atoms with E-state index in [-0.39, 0.29) is 0 Å². The monoisotopic (exact) mass is 258 g/mol. The minimum Gasteiger partial charge on any atom is -0.384 e. The van der Waals surface area contributed by atoms with E-state index in [1.807, 2.05) is 17.1 Å². The topological polar surface area (TPSA) is 72.9 Å². The summed E-state index contributed by atoms with van der Waals surface area (Å²) in [5.74, 6) is 1.12. The maximum atomic E-state index is 5.68. The third kappa shape index (κ3) is 2.58. The van der Waals surface area contributed by atoms with E-state index in [0.29, 0.717) is 17.7 Å². The minimum absolute atomic E-state index is 0.478. The summed E-state index contributed by atoms with van der Waals surface area (Å²) in [6, 6.07) is 2.16. The van der Waals surface area contributed by atoms with Gasteiger partial charge in [-0.15, -0.1) is 0 Å². The van der Waals surface area contributed by atoms with Gasteiger partial charge in [0, 0.05) is 12.4 Å². The van der Waals surface area contributed by atoms with E-state index >= 15 is 0 Å². The lowest BCUT2D eigenvalue weighted by Crippen LogP contribution is -2.31. The molecule has 6 nitrogen and oxygen atoms in total. The molecular weight excluding hydrogens is 240 g/mol. The number of likely N-dealkylation sites (tertiary alicyclic amines) is 1. The summed E-state index contributed by atoms with van der Waals surface area (Å²) in [5, 5.41) is 4.45. The zero-order valence-corrected chi connectivity index (χ0v) is 11.0. The molecule has 0 amide bonds. The van der Waals surface area contributed by atoms with Crippen LogP contribution in [0.3, 0.4) is 0 Å². The van der Waals surface area contributed by atoms with Crippen LogP contribution in [0.4, 0.5) is 5.82 Å². The fraction of sp³-hybridized carbons (Fsp3) is 0.462. The Bertz CT molecular complexity index is 556. The molecule has 0 unspecified atom stereocenters. The van der Waals surface area contributed by atoms with Gasteiger partial charge in [0.25, 0.3) is 0 Å². The number of aromatic nitrogens is 4. The Labute approximate surface area is 112 Å². The first kappa shape index (κ1) is 12.1. The molecule has 0 radical (unpaired) electrons. The maximum Gasteiger partial charge on any atom is 0.164 e. The highest BCUT2D eigenvalue weighted by molar-refractivity contribution is 5.53. The Kier molecular flexibility index (Phi) is 3.16. The van der Waals surface area contributed by atoms with E-state index in [9.17, 15) is 0 Å². The molecule has 1 saturated heterocycles. The molecule has 0 atom stereocenters. The molecule has 2 N–H and O–H groups in total. The summed E-state index contributed by atoms with van der Waals surface area (Å²) in [6.45, 7) is 2.24. The number of anilines is 1. The van der Waals surface area contributed by atoms with E-state index in [1.54, 1.807) is 12.3 Å². The SMILES string of the molecule is CN1CCC(n2cc(-c3nccc(N)n3)cn2)CC1. The first-order valence-corrected chi connectivity index (χ1v) is 6.54. The molecule has 6 heteroatoms. The van der Waals surface area contributed by atoms with Crippen molar-refractivity contribution in [1.29, 1.82) is 0 Å². The summed E-state index contributed by atoms with van der Waals surface area (Å²) in [5.41, 5.74) is 6.60. The second-order valence-electron chi connectivity index (χ2n) is 5.05. The molecule has 0 spiro atoms. The predicted octanol–water partition coefficient (Wildman–Crippen LogP) is 1.19. The number of hydrogen-bond donors (Lipinski definition) is 1. The van der Waals surface area contributed by atoms with E-state index in [0.717, 1.165) is 31.5 Å². The van der Waals surface area contributed by atoms with Crippen molar-refractivity contribution in [2.75, 3.05) is 25.9 Å². The Morgan fingerprint density at radius 2 is 2.11 bits per heavy atom. The van der Waals surface area contributed by atoms with Crippen molar-refractivity contribution in [2.24, 2.45) is 0 Å². The van der Waals surface area contributed by atoms with Crippen molar-refractivity contribution in [3.05, 3.63) is 24.7 Å². The molecule has 1 aliphatic heterocycles. The molecule has 19 heavy (non-hydrogen) atoms. The van der Waals surface area contributed by atoms with Crippen LogP contribution in [0.15, 0.2) is 24.7 Å². The van der Waals surface area contributed by atoms with Gasteiger partial charge in [-0.3, -0.25) is 4.68 Å². The summed E-state index contributed by atoms with van der Waals surface area (Å²) in [4.78, 5) is 10.8. The smallest absolute Gasteiger partial charge is 0.164 e. The molecule has 0 aliphatic carbocycles. The molecule has 3 rings (SSSR count). The third-order valence-electron chi connectivity index (χ3n) is 3.60. The highest BCUT2D eigenvalue weighted by Gasteiger charge is 2.19. The lowest BCUT2D eigenvalue weighted by molar-refractivity contribution is 0.212. The van der Waals surface area contributed by atoms with Crippen molar-refractivity contribution in [3.8, 4) is 11.4 Å². The first-order valence-electron chi connectivity index (χ1n) is 6.54. The molecule has 3 heterocycles. The van der Waals surface area contributed by atoms with Gasteiger partial charge < -0.3 is 10.6 Å². The van der Waals surface area contributed by atoms with E-state index in [4.69, 9.17) is 5.73 Å². The fourth-order valence-corrected chi connectivity index (χ4v) is 2.42. The van der Waals surface area contributed by atoms with Crippen LogP contribution in [0, 0.1) is 0 Å². The molecule has 0 aromatic carbocycles. The highest BCUT2D eigenvalue weighted by atomic mass is 15.3. The van der Waals surface area contributed by atoms with E-state index < -0.39 is 0 Å². The zero-order chi connectivity index (χ0) is 13.2. The number of hydrogen-bond acceptors (Lipinski definition) is 5. The van der Waals surface area contributed by atoms with Gasteiger partial charge in [0.1, 0.15) is 5.82 Å². The number of nitrogens with two attached hydrogens (primary N) is 1. The Morgan fingerprint density at radius 1 is 1.32 bits per heavy atom. The number of nitrogens with zero attached hydrogens (tertiary/aromatic N) is 5. The number of rotatable bonds is 2. The molecule has 1 fully saturated rings. The summed E-state index contributed by atoms with van der Waals surface area (Å²) in [6.07, 6.45) is 7.77. The molecule has 0 bridgehead atoms. The second-order valence-corrected chi connectivity index (χ2v) is 5.05. The molecular formula is C13H18N6. The minimum atomic E-state index is 0.478. The average molecular weight is 258 g/mol. The normalized spacial score (nSPS) is 17.7. The Morgan fingerprint density at radius 3 is 2.84 bits per heavy atom. The molecule has 2 aromatic rings. The zero-order valence-electron chi connectivity index (χ0n) is 11.0. The van der Waals surface area contributed by atoms with Crippen molar-refractivity contribution in [3.63, 3.8) is 0 Å². The van der Waals surface area contributed by atoms with Crippen LogP contribution in [0.1, 0.15) is 18.9 Å². The molecule has 0 saturated carbocycles. The van der Waals surface area contributed by atoms with Crippen LogP contribution in [-0.2, 0) is 0 Å². The summed E-state index contributed by atoms with van der Waals surface area (Å²) >= 11 is 0. The Hall–Kier alpha value is -1.95. The van der Waals surface area contributed by atoms with Crippen LogP contribution in [0.25, 0.3) is 11.4 Å². The average Bonchev–Trinajstić information content (AvgIpc) is 2.89. The molecule has 1 aliphatic rings. The fourth-order valence-electron chi connectivity index (χ4n) is 2.42. The van der Waals surface area contributed by atoms with Gasteiger partial charge in [0.05, 0.1) is 17.8 Å². The largest absolute Gasteiger partial charge is 0.384 e. The van der Waals surface area contributed by atoms with E-state index in [1.165, 1.54) is 0 Å². The van der Waals surface area contributed by atoms with Crippen molar-refractivity contribution < 1.29 is 0 Å². The summed E-state index contributed by atoms with van der Waals surface area (Å²) < 4.78 is 2.04. The lowest BCUT2D eigenvalue weighted by atomic mass is 10.1. The molecule has 100 valence electrons. The quantitative estimate of drug-likeness (QED) is 0.876. The Balaban J connectivity index is 1.80. The van der Waals surface area contributed by atoms with Gasteiger partial charge in [0.2, 0.25) is 0 Å². The van der Waals surface area contributed by atoms with Crippen molar-refractivity contribution in [1.82, 2.24) is 24.6 Å². The van der Waals surface area contributed by atoms with Crippen LogP contribution >= 0.6 is 0 Å². The van der Waals surface area contributed by atoms with Gasteiger partial charge in [-0.05, 0) is 39.0 Å². The van der Waals surface area contributed by atoms with Gasteiger partial charge in [-0.1, -0.05) is 0 Å². The van der Waals surface area contributed by atoms with Crippen LogP contribution < -0.4 is 5.73 Å². The lowest BCUT2D eigenvalue weighted by Gasteiger charge is -2.28. The summed E-state index contributed by atoms with van der Waals surface area (Å²) in [7, 11) is 2.16. The van der Waals surface area contributed by atoms with Gasteiger partial charge in [-0.25, -0.2) is 9.97 Å². The third-order valence-corrected chi connectivity index (χ3v) is 3.60. The number of nitrogen functional groups attached to an aromatic ring is 1. The molecule has 2 aromatic heterocycles. The van der Waals surface area contributed by atoms with Crippen molar-refractivity contribution in [2.45, 2.75) is 18.9 Å². The van der Waals surface area contributed by atoms with Gasteiger partial charge in [0.15, 0.2) is 5.82 Å². The second kappa shape index (κ2) is 4.97. The maximum absolute atomic E-state index is 5.68. The predicted molar refractivity (Wildman–Crippen MR) is 73.4 cm³/mol. The first-order chi connectivity index (χ1) is 9.22. The van der Waals surface area contributed by atoms with Crippen LogP contribution in [0.5, 0.6) is 0 Å².